The van der Waals surface area contributed by atoms with E-state index < -0.39 is 28.8 Å². The number of hydrogen-bond acceptors (Lipinski definition) is 7. The van der Waals surface area contributed by atoms with Crippen molar-refractivity contribution < 1.29 is 19.4 Å². The number of carbonyl (C=O) groups excluding carboxylic acids is 2. The van der Waals surface area contributed by atoms with E-state index in [9.17, 15) is 19.5 Å². The van der Waals surface area contributed by atoms with E-state index in [4.69, 9.17) is 4.74 Å². The number of H-pyrrole nitrogens is 1. The van der Waals surface area contributed by atoms with Crippen LogP contribution >= 0.6 is 0 Å². The topological polar surface area (TPSA) is 119 Å². The number of nitrogens with zero attached hydrogens (tertiary/aromatic N) is 4. The van der Waals surface area contributed by atoms with E-state index in [1.807, 2.05) is 50.2 Å². The molecule has 1 atom stereocenters. The summed E-state index contributed by atoms with van der Waals surface area (Å²) in [5, 5.41) is 10.1. The molecule has 0 radical (unpaired) electrons. The van der Waals surface area contributed by atoms with Crippen LogP contribution in [0.1, 0.15) is 48.7 Å². The van der Waals surface area contributed by atoms with Crippen LogP contribution in [0.3, 0.4) is 0 Å². The van der Waals surface area contributed by atoms with Crippen molar-refractivity contribution in [3.63, 3.8) is 0 Å². The maximum Gasteiger partial charge on any atom is 0.328 e. The molecule has 2 N–H and O–H groups in total. The Morgan fingerprint density at radius 3 is 2.20 bits per heavy atom. The molecule has 2 aromatic carbocycles. The molecule has 1 unspecified atom stereocenters. The third-order valence-corrected chi connectivity index (χ3v) is 7.57. The van der Waals surface area contributed by atoms with E-state index in [1.54, 1.807) is 6.92 Å². The van der Waals surface area contributed by atoms with E-state index in [0.29, 0.717) is 5.56 Å². The van der Waals surface area contributed by atoms with Crippen LogP contribution in [-0.2, 0) is 28.2 Å². The van der Waals surface area contributed by atoms with Crippen molar-refractivity contribution in [2.45, 2.75) is 45.4 Å². The predicted molar refractivity (Wildman–Crippen MR) is 152 cm³/mol. The highest BCUT2D eigenvalue weighted by atomic mass is 16.5. The molecule has 3 amide bonds. The van der Waals surface area contributed by atoms with Gasteiger partial charge in [0.1, 0.15) is 11.2 Å². The van der Waals surface area contributed by atoms with Crippen molar-refractivity contribution in [2.24, 2.45) is 0 Å². The normalized spacial score (nSPS) is 19.5. The Morgan fingerprint density at radius 1 is 0.976 bits per heavy atom. The lowest BCUT2D eigenvalue weighted by atomic mass is 9.88. The molecule has 3 heterocycles. The van der Waals surface area contributed by atoms with Crippen molar-refractivity contribution >= 4 is 11.9 Å². The zero-order valence-electron chi connectivity index (χ0n) is 23.4. The molecule has 10 nitrogen and oxygen atoms in total. The van der Waals surface area contributed by atoms with E-state index in [-0.39, 0.29) is 18.3 Å². The SMILES string of the molecule is CC(C)N1C(=O)N(Cc2nc[nH]c(=O)c2O)C(=O)C1(C)c1ccc(C#Cc2ccc(CN3CCOCC3)cc2)cc1. The number of hydrogen-bond donors (Lipinski definition) is 2. The summed E-state index contributed by atoms with van der Waals surface area (Å²) in [6.45, 7) is 9.39. The highest BCUT2D eigenvalue weighted by Gasteiger charge is 2.56. The molecule has 2 aliphatic heterocycles. The number of rotatable bonds is 6. The Labute approximate surface area is 238 Å². The van der Waals surface area contributed by atoms with Crippen molar-refractivity contribution in [1.82, 2.24) is 24.7 Å². The molecular weight excluding hydrogens is 522 g/mol. The molecular formula is C31H33N5O5. The van der Waals surface area contributed by atoms with Crippen molar-refractivity contribution in [3.8, 4) is 17.6 Å². The fourth-order valence-corrected chi connectivity index (χ4v) is 5.34. The fraction of sp³-hybridized carbons (Fsp3) is 0.355. The van der Waals surface area contributed by atoms with Gasteiger partial charge in [-0.25, -0.2) is 9.78 Å². The number of aromatic amines is 1. The van der Waals surface area contributed by atoms with Gasteiger partial charge < -0.3 is 19.7 Å². The van der Waals surface area contributed by atoms with E-state index >= 15 is 0 Å². The second-order valence-electron chi connectivity index (χ2n) is 10.6. The first-order chi connectivity index (χ1) is 19.7. The van der Waals surface area contributed by atoms with Crippen molar-refractivity contribution in [1.29, 1.82) is 0 Å². The quantitative estimate of drug-likeness (QED) is 0.355. The van der Waals surface area contributed by atoms with E-state index in [0.717, 1.165) is 55.2 Å². The summed E-state index contributed by atoms with van der Waals surface area (Å²) in [5.41, 5.74) is 1.47. The summed E-state index contributed by atoms with van der Waals surface area (Å²) in [6.07, 6.45) is 1.13. The number of morpholine rings is 1. The number of nitrogens with one attached hydrogen (secondary N) is 1. The molecule has 0 spiro atoms. The number of carbonyl (C=O) groups is 2. The molecule has 5 rings (SSSR count). The molecule has 3 aromatic rings. The largest absolute Gasteiger partial charge is 0.502 e. The molecule has 0 saturated carbocycles. The molecule has 2 aliphatic rings. The first-order valence-corrected chi connectivity index (χ1v) is 13.6. The fourth-order valence-electron chi connectivity index (χ4n) is 5.34. The summed E-state index contributed by atoms with van der Waals surface area (Å²) in [7, 11) is 0. The molecule has 212 valence electrons. The van der Waals surface area contributed by atoms with E-state index in [1.165, 1.54) is 10.5 Å². The number of amides is 3. The number of imide groups is 1. The first kappa shape index (κ1) is 28.1. The van der Waals surface area contributed by atoms with Crippen LogP contribution in [0, 0.1) is 11.8 Å². The molecule has 10 heteroatoms. The van der Waals surface area contributed by atoms with Gasteiger partial charge >= 0.3 is 6.03 Å². The maximum absolute atomic E-state index is 13.7. The van der Waals surface area contributed by atoms with Gasteiger partial charge in [0.05, 0.1) is 26.1 Å². The molecule has 41 heavy (non-hydrogen) atoms. The monoisotopic (exact) mass is 555 g/mol. The van der Waals surface area contributed by atoms with Crippen molar-refractivity contribution in [3.05, 3.63) is 93.2 Å². The third-order valence-electron chi connectivity index (χ3n) is 7.57. The van der Waals surface area contributed by atoms with Gasteiger partial charge in [-0.2, -0.15) is 0 Å². The minimum Gasteiger partial charge on any atom is -0.502 e. The second-order valence-corrected chi connectivity index (χ2v) is 10.6. The summed E-state index contributed by atoms with van der Waals surface area (Å²) >= 11 is 0. The number of aromatic hydroxyl groups is 1. The Morgan fingerprint density at radius 2 is 1.59 bits per heavy atom. The maximum atomic E-state index is 13.7. The number of aromatic nitrogens is 2. The highest BCUT2D eigenvalue weighted by Crippen LogP contribution is 2.39. The predicted octanol–water partition coefficient (Wildman–Crippen LogP) is 2.80. The zero-order chi connectivity index (χ0) is 29.1. The zero-order valence-corrected chi connectivity index (χ0v) is 23.4. The van der Waals surface area contributed by atoms with Crippen molar-refractivity contribution in [2.75, 3.05) is 26.3 Å². The lowest BCUT2D eigenvalue weighted by molar-refractivity contribution is -0.133. The van der Waals surface area contributed by atoms with Gasteiger partial charge in [0.2, 0.25) is 5.75 Å². The Bertz CT molecular complexity index is 1550. The van der Waals surface area contributed by atoms with Gasteiger partial charge in [0.25, 0.3) is 11.5 Å². The van der Waals surface area contributed by atoms with Gasteiger partial charge in [0, 0.05) is 36.8 Å². The lowest BCUT2D eigenvalue weighted by Gasteiger charge is -2.35. The Hall–Kier alpha value is -4.46. The number of ether oxygens (including phenoxy) is 1. The third kappa shape index (κ3) is 5.59. The van der Waals surface area contributed by atoms with Gasteiger partial charge in [-0.05, 0) is 56.2 Å². The van der Waals surface area contributed by atoms with Gasteiger partial charge in [0.15, 0.2) is 0 Å². The minimum atomic E-state index is -1.29. The summed E-state index contributed by atoms with van der Waals surface area (Å²) < 4.78 is 5.41. The Balaban J connectivity index is 1.33. The highest BCUT2D eigenvalue weighted by molar-refractivity contribution is 6.07. The second kappa shape index (κ2) is 11.6. The average molecular weight is 556 g/mol. The molecule has 2 fully saturated rings. The van der Waals surface area contributed by atoms with Crippen LogP contribution in [0.4, 0.5) is 4.79 Å². The first-order valence-electron chi connectivity index (χ1n) is 13.6. The minimum absolute atomic E-state index is 0.0526. The molecule has 0 aliphatic carbocycles. The van der Waals surface area contributed by atoms with Gasteiger partial charge in [-0.1, -0.05) is 36.1 Å². The summed E-state index contributed by atoms with van der Waals surface area (Å²) in [5.74, 6) is 5.29. The van der Waals surface area contributed by atoms with Crippen LogP contribution in [0.15, 0.2) is 59.7 Å². The van der Waals surface area contributed by atoms with Crippen LogP contribution in [-0.4, -0.2) is 74.1 Å². The average Bonchev–Trinajstić information content (AvgIpc) is 3.16. The van der Waals surface area contributed by atoms with Crippen LogP contribution in [0.25, 0.3) is 0 Å². The summed E-state index contributed by atoms with van der Waals surface area (Å²) in [6, 6.07) is 14.7. The van der Waals surface area contributed by atoms with Crippen LogP contribution in [0.2, 0.25) is 0 Å². The number of urea groups is 1. The molecule has 0 bridgehead atoms. The van der Waals surface area contributed by atoms with E-state index in [2.05, 4.69) is 38.8 Å². The lowest BCUT2D eigenvalue weighted by Crippen LogP contribution is -2.47. The number of benzene rings is 2. The standard InChI is InChI=1S/C31H33N5O5/c1-21(2)36-30(40)35(19-26-27(37)28(38)33-20-32-26)29(39)31(36,3)25-12-10-23(11-13-25)5-4-22-6-8-24(9-7-22)18-34-14-16-41-17-15-34/h6-13,20-21,37H,14-19H2,1-3H3,(H,32,33,38). The van der Waals surface area contributed by atoms with Gasteiger partial charge in [-0.15, -0.1) is 0 Å². The van der Waals surface area contributed by atoms with Crippen LogP contribution < -0.4 is 5.56 Å². The molecule has 2 saturated heterocycles. The van der Waals surface area contributed by atoms with Gasteiger partial charge in [-0.3, -0.25) is 19.4 Å². The summed E-state index contributed by atoms with van der Waals surface area (Å²) in [4.78, 5) is 50.1. The van der Waals surface area contributed by atoms with Crippen LogP contribution in [0.5, 0.6) is 5.75 Å². The Kier molecular flexibility index (Phi) is 7.92. The molecule has 1 aromatic heterocycles. The smallest absolute Gasteiger partial charge is 0.328 e.